The third-order valence-electron chi connectivity index (χ3n) is 6.75. The van der Waals surface area contributed by atoms with E-state index < -0.39 is 0 Å². The van der Waals surface area contributed by atoms with E-state index in [1.54, 1.807) is 0 Å². The van der Waals surface area contributed by atoms with Crippen molar-refractivity contribution >= 4 is 22.9 Å². The molecule has 35 heavy (non-hydrogen) atoms. The Balaban J connectivity index is 1.29. The fourth-order valence-corrected chi connectivity index (χ4v) is 4.59. The van der Waals surface area contributed by atoms with Gasteiger partial charge in [-0.1, -0.05) is 31.2 Å². The Morgan fingerprint density at radius 1 is 1.00 bits per heavy atom. The molecule has 1 N–H and O–H groups in total. The second-order valence-corrected chi connectivity index (χ2v) is 9.24. The Bertz CT molecular complexity index is 1340. The van der Waals surface area contributed by atoms with Crippen molar-refractivity contribution in [3.05, 3.63) is 83.3 Å². The number of amides is 2. The predicted molar refractivity (Wildman–Crippen MR) is 140 cm³/mol. The molecule has 0 aliphatic carbocycles. The molecule has 5 rings (SSSR count). The second kappa shape index (κ2) is 9.88. The number of piperazine rings is 1. The molecule has 7 nitrogen and oxygen atoms in total. The van der Waals surface area contributed by atoms with E-state index in [4.69, 9.17) is 4.98 Å². The first-order valence-electron chi connectivity index (χ1n) is 12.3. The minimum atomic E-state index is -0.0363. The second-order valence-electron chi connectivity index (χ2n) is 9.24. The van der Waals surface area contributed by atoms with Crippen LogP contribution in [0.15, 0.2) is 60.8 Å². The average molecular weight is 469 g/mol. The van der Waals surface area contributed by atoms with Crippen LogP contribution in [-0.2, 0) is 13.0 Å². The number of fused-ring (bicyclic) bond motifs is 1. The fourth-order valence-electron chi connectivity index (χ4n) is 4.59. The molecule has 1 fully saturated rings. The SMILES string of the molecule is CCc1ccc(-n2c(CN3CCN(C(=O)Nc4cc(C)ccc4C)CC3)nc3cccnc32)cc1. The van der Waals surface area contributed by atoms with Gasteiger partial charge in [0.05, 0.1) is 6.54 Å². The summed E-state index contributed by atoms with van der Waals surface area (Å²) in [7, 11) is 0. The van der Waals surface area contributed by atoms with Gasteiger partial charge in [-0.2, -0.15) is 0 Å². The molecule has 0 bridgehead atoms. The molecule has 0 spiro atoms. The van der Waals surface area contributed by atoms with Crippen molar-refractivity contribution < 1.29 is 4.79 Å². The molecule has 2 aromatic carbocycles. The molecule has 1 saturated heterocycles. The molecule has 0 atom stereocenters. The van der Waals surface area contributed by atoms with Crippen molar-refractivity contribution in [2.24, 2.45) is 0 Å². The van der Waals surface area contributed by atoms with Crippen LogP contribution in [0.4, 0.5) is 10.5 Å². The van der Waals surface area contributed by atoms with Crippen LogP contribution in [0.1, 0.15) is 29.4 Å². The Morgan fingerprint density at radius 2 is 1.77 bits per heavy atom. The van der Waals surface area contributed by atoms with E-state index in [1.165, 1.54) is 5.56 Å². The van der Waals surface area contributed by atoms with Crippen LogP contribution >= 0.6 is 0 Å². The van der Waals surface area contributed by atoms with Crippen molar-refractivity contribution in [3.8, 4) is 5.69 Å². The number of aromatic nitrogens is 3. The van der Waals surface area contributed by atoms with Crippen molar-refractivity contribution in [2.75, 3.05) is 31.5 Å². The van der Waals surface area contributed by atoms with E-state index in [2.05, 4.69) is 57.0 Å². The van der Waals surface area contributed by atoms with Crippen molar-refractivity contribution in [1.82, 2.24) is 24.3 Å². The summed E-state index contributed by atoms with van der Waals surface area (Å²) in [6.45, 7) is 9.88. The zero-order valence-corrected chi connectivity index (χ0v) is 20.7. The molecule has 2 aromatic heterocycles. The fraction of sp³-hybridized carbons (Fsp3) is 0.321. The summed E-state index contributed by atoms with van der Waals surface area (Å²) in [5.41, 5.74) is 7.24. The minimum absolute atomic E-state index is 0.0363. The third kappa shape index (κ3) is 4.91. The number of benzene rings is 2. The number of pyridine rings is 1. The van der Waals surface area contributed by atoms with E-state index >= 15 is 0 Å². The Labute approximate surface area is 206 Å². The van der Waals surface area contributed by atoms with Crippen LogP contribution in [0.3, 0.4) is 0 Å². The predicted octanol–water partition coefficient (Wildman–Crippen LogP) is 4.95. The van der Waals surface area contributed by atoms with E-state index in [0.29, 0.717) is 19.6 Å². The van der Waals surface area contributed by atoms with Gasteiger partial charge in [-0.15, -0.1) is 0 Å². The van der Waals surface area contributed by atoms with Gasteiger partial charge in [0.15, 0.2) is 5.65 Å². The molecule has 1 aliphatic heterocycles. The summed E-state index contributed by atoms with van der Waals surface area (Å²) in [5.74, 6) is 0.969. The molecule has 0 saturated carbocycles. The third-order valence-corrected chi connectivity index (χ3v) is 6.75. The van der Waals surface area contributed by atoms with Crippen LogP contribution < -0.4 is 5.32 Å². The Morgan fingerprint density at radius 3 is 2.51 bits per heavy atom. The molecule has 180 valence electrons. The number of carbonyl (C=O) groups is 1. The minimum Gasteiger partial charge on any atom is -0.322 e. The van der Waals surface area contributed by atoms with Crippen molar-refractivity contribution in [2.45, 2.75) is 33.7 Å². The highest BCUT2D eigenvalue weighted by atomic mass is 16.2. The zero-order chi connectivity index (χ0) is 24.4. The van der Waals surface area contributed by atoms with E-state index in [-0.39, 0.29) is 6.03 Å². The average Bonchev–Trinajstić information content (AvgIpc) is 3.24. The van der Waals surface area contributed by atoms with Gasteiger partial charge in [-0.25, -0.2) is 14.8 Å². The van der Waals surface area contributed by atoms with Gasteiger partial charge in [0.2, 0.25) is 0 Å². The van der Waals surface area contributed by atoms with Crippen molar-refractivity contribution in [3.63, 3.8) is 0 Å². The lowest BCUT2D eigenvalue weighted by atomic mass is 10.1. The van der Waals surface area contributed by atoms with Gasteiger partial charge in [-0.3, -0.25) is 9.47 Å². The summed E-state index contributed by atoms with van der Waals surface area (Å²) >= 11 is 0. The number of carbonyl (C=O) groups excluding carboxylic acids is 1. The zero-order valence-electron chi connectivity index (χ0n) is 20.7. The molecule has 3 heterocycles. The lowest BCUT2D eigenvalue weighted by Gasteiger charge is -2.34. The molecule has 7 heteroatoms. The quantitative estimate of drug-likeness (QED) is 0.450. The van der Waals surface area contributed by atoms with E-state index in [0.717, 1.165) is 59.0 Å². The van der Waals surface area contributed by atoms with Crippen LogP contribution in [0.25, 0.3) is 16.9 Å². The number of urea groups is 1. The standard InChI is InChI=1S/C28H32N6O/c1-4-22-9-11-23(12-10-22)34-26(30-24-6-5-13-29-27(24)34)19-32-14-16-33(17-15-32)28(35)31-25-18-20(2)7-8-21(25)3/h5-13,18H,4,14-17,19H2,1-3H3,(H,31,35). The summed E-state index contributed by atoms with van der Waals surface area (Å²) in [4.78, 5) is 26.7. The summed E-state index contributed by atoms with van der Waals surface area (Å²) < 4.78 is 2.16. The van der Waals surface area contributed by atoms with Crippen LogP contribution in [-0.4, -0.2) is 56.5 Å². The number of hydrogen-bond acceptors (Lipinski definition) is 4. The number of anilines is 1. The highest BCUT2D eigenvalue weighted by molar-refractivity contribution is 5.90. The summed E-state index contributed by atoms with van der Waals surface area (Å²) in [6, 6.07) is 18.7. The molecule has 2 amide bonds. The maximum atomic E-state index is 12.9. The molecule has 1 aliphatic rings. The van der Waals surface area contributed by atoms with E-state index in [9.17, 15) is 4.79 Å². The lowest BCUT2D eigenvalue weighted by Crippen LogP contribution is -2.49. The molecule has 0 unspecified atom stereocenters. The maximum Gasteiger partial charge on any atom is 0.321 e. The first kappa shape index (κ1) is 23.1. The van der Waals surface area contributed by atoms with Gasteiger partial charge >= 0.3 is 6.03 Å². The number of nitrogens with one attached hydrogen (secondary N) is 1. The largest absolute Gasteiger partial charge is 0.322 e. The highest BCUT2D eigenvalue weighted by Crippen LogP contribution is 2.22. The van der Waals surface area contributed by atoms with Crippen LogP contribution in [0.5, 0.6) is 0 Å². The van der Waals surface area contributed by atoms with E-state index in [1.807, 2.05) is 49.2 Å². The number of hydrogen-bond donors (Lipinski definition) is 1. The maximum absolute atomic E-state index is 12.9. The summed E-state index contributed by atoms with van der Waals surface area (Å²) in [5, 5.41) is 3.09. The molecule has 0 radical (unpaired) electrons. The van der Waals surface area contributed by atoms with Gasteiger partial charge in [0.25, 0.3) is 0 Å². The number of aryl methyl sites for hydroxylation is 3. The van der Waals surface area contributed by atoms with Gasteiger partial charge < -0.3 is 10.2 Å². The van der Waals surface area contributed by atoms with Gasteiger partial charge in [-0.05, 0) is 67.3 Å². The molecular formula is C28H32N6O. The summed E-state index contributed by atoms with van der Waals surface area (Å²) in [6.07, 6.45) is 2.83. The first-order chi connectivity index (χ1) is 17.0. The van der Waals surface area contributed by atoms with Gasteiger partial charge in [0, 0.05) is 43.8 Å². The Kier molecular flexibility index (Phi) is 6.51. The number of nitrogens with zero attached hydrogens (tertiary/aromatic N) is 5. The normalized spacial score (nSPS) is 14.4. The number of imidazole rings is 1. The molecular weight excluding hydrogens is 436 g/mol. The lowest BCUT2D eigenvalue weighted by molar-refractivity contribution is 0.140. The van der Waals surface area contributed by atoms with Crippen molar-refractivity contribution in [1.29, 1.82) is 0 Å². The van der Waals surface area contributed by atoms with Crippen LogP contribution in [0, 0.1) is 13.8 Å². The monoisotopic (exact) mass is 468 g/mol. The highest BCUT2D eigenvalue weighted by Gasteiger charge is 2.24. The first-order valence-corrected chi connectivity index (χ1v) is 12.3. The molecule has 4 aromatic rings. The topological polar surface area (TPSA) is 66.3 Å². The Hall–Kier alpha value is -3.71. The smallest absolute Gasteiger partial charge is 0.321 e. The van der Waals surface area contributed by atoms with Crippen LogP contribution in [0.2, 0.25) is 0 Å². The van der Waals surface area contributed by atoms with Gasteiger partial charge in [0.1, 0.15) is 11.3 Å². The number of rotatable bonds is 5.